The summed E-state index contributed by atoms with van der Waals surface area (Å²) in [6, 6.07) is 5.25. The van der Waals surface area contributed by atoms with Gasteiger partial charge in [-0.1, -0.05) is 0 Å². The average molecular weight is 295 g/mol. The van der Waals surface area contributed by atoms with Crippen molar-refractivity contribution in [2.45, 2.75) is 6.92 Å². The normalized spacial score (nSPS) is 16.0. The summed E-state index contributed by atoms with van der Waals surface area (Å²) in [6.07, 6.45) is 0. The van der Waals surface area contributed by atoms with Gasteiger partial charge in [0.2, 0.25) is 0 Å². The molecule has 21 heavy (non-hydrogen) atoms. The van der Waals surface area contributed by atoms with Crippen LogP contribution < -0.4 is 15.1 Å². The first-order chi connectivity index (χ1) is 10.2. The number of piperazine rings is 1. The van der Waals surface area contributed by atoms with Crippen LogP contribution in [-0.4, -0.2) is 55.9 Å². The van der Waals surface area contributed by atoms with Gasteiger partial charge in [-0.05, 0) is 19.1 Å². The van der Waals surface area contributed by atoms with Gasteiger partial charge in [-0.2, -0.15) is 0 Å². The average Bonchev–Trinajstić information content (AvgIpc) is 2.48. The van der Waals surface area contributed by atoms with Crippen LogP contribution in [-0.2, 0) is 0 Å². The fourth-order valence-electron chi connectivity index (χ4n) is 2.70. The monoisotopic (exact) mass is 295 g/mol. The van der Waals surface area contributed by atoms with E-state index in [-0.39, 0.29) is 17.2 Å². The lowest BCUT2D eigenvalue weighted by Gasteiger charge is -2.33. The molecule has 0 amide bonds. The smallest absolute Gasteiger partial charge is 0.292 e. The van der Waals surface area contributed by atoms with Gasteiger partial charge in [0, 0.05) is 18.3 Å². The highest BCUT2D eigenvalue weighted by Crippen LogP contribution is 2.29. The van der Waals surface area contributed by atoms with Crippen LogP contribution in [0.5, 0.6) is 0 Å². The Balaban J connectivity index is 2.10. The van der Waals surface area contributed by atoms with E-state index in [9.17, 15) is 10.1 Å². The fourth-order valence-corrected chi connectivity index (χ4v) is 2.70. The van der Waals surface area contributed by atoms with Gasteiger partial charge in [0.05, 0.1) is 37.7 Å². The number of quaternary nitrogens is 1. The molecule has 1 aliphatic rings. The van der Waals surface area contributed by atoms with E-state index in [1.807, 2.05) is 19.1 Å². The maximum Gasteiger partial charge on any atom is 0.292 e. The van der Waals surface area contributed by atoms with E-state index in [0.29, 0.717) is 12.2 Å². The molecule has 0 radical (unpaired) electrons. The maximum atomic E-state index is 11.0. The summed E-state index contributed by atoms with van der Waals surface area (Å²) in [7, 11) is 0. The second kappa shape index (κ2) is 7.24. The van der Waals surface area contributed by atoms with Crippen molar-refractivity contribution in [3.8, 4) is 0 Å². The highest BCUT2D eigenvalue weighted by Gasteiger charge is 2.21. The molecule has 0 unspecified atom stereocenters. The third-order valence-corrected chi connectivity index (χ3v) is 3.85. The first-order valence-corrected chi connectivity index (χ1v) is 7.37. The largest absolute Gasteiger partial charge is 0.391 e. The number of aliphatic hydroxyl groups excluding tert-OH is 1. The lowest BCUT2D eigenvalue weighted by molar-refractivity contribution is -0.900. The number of hydrogen-bond donors (Lipinski definition) is 3. The summed E-state index contributed by atoms with van der Waals surface area (Å²) >= 11 is 0. The SMILES string of the molecule is CCNc1cc(N2CC[NH+](CCO)CC2)ccc1[N+](=O)[O-]. The highest BCUT2D eigenvalue weighted by atomic mass is 16.6. The zero-order valence-corrected chi connectivity index (χ0v) is 12.3. The second-order valence-corrected chi connectivity index (χ2v) is 5.20. The minimum atomic E-state index is -0.356. The number of nitro benzene ring substituents is 1. The number of nitro groups is 1. The zero-order valence-electron chi connectivity index (χ0n) is 12.3. The van der Waals surface area contributed by atoms with Crippen LogP contribution in [0, 0.1) is 10.1 Å². The van der Waals surface area contributed by atoms with E-state index in [1.165, 1.54) is 4.90 Å². The predicted molar refractivity (Wildman–Crippen MR) is 82.1 cm³/mol. The molecule has 0 bridgehead atoms. The number of nitrogens with one attached hydrogen (secondary N) is 2. The van der Waals surface area contributed by atoms with Gasteiger partial charge in [-0.3, -0.25) is 10.1 Å². The Labute approximate surface area is 124 Å². The van der Waals surface area contributed by atoms with Crippen molar-refractivity contribution in [3.63, 3.8) is 0 Å². The molecular weight excluding hydrogens is 272 g/mol. The number of nitrogens with zero attached hydrogens (tertiary/aromatic N) is 2. The van der Waals surface area contributed by atoms with Gasteiger partial charge < -0.3 is 20.2 Å². The molecule has 1 fully saturated rings. The number of anilines is 2. The molecule has 1 aliphatic heterocycles. The second-order valence-electron chi connectivity index (χ2n) is 5.20. The van der Waals surface area contributed by atoms with E-state index in [2.05, 4.69) is 10.2 Å². The van der Waals surface area contributed by atoms with Crippen molar-refractivity contribution in [2.75, 3.05) is 56.1 Å². The van der Waals surface area contributed by atoms with Crippen molar-refractivity contribution < 1.29 is 14.9 Å². The number of rotatable bonds is 6. The van der Waals surface area contributed by atoms with E-state index in [0.717, 1.165) is 38.4 Å². The van der Waals surface area contributed by atoms with Crippen molar-refractivity contribution in [1.82, 2.24) is 0 Å². The Morgan fingerprint density at radius 2 is 2.14 bits per heavy atom. The van der Waals surface area contributed by atoms with Crippen molar-refractivity contribution >= 4 is 17.1 Å². The van der Waals surface area contributed by atoms with Crippen LogP contribution in [0.1, 0.15) is 6.92 Å². The van der Waals surface area contributed by atoms with Gasteiger partial charge in [0.25, 0.3) is 5.69 Å². The molecule has 0 saturated carbocycles. The van der Waals surface area contributed by atoms with Crippen LogP contribution in [0.4, 0.5) is 17.1 Å². The van der Waals surface area contributed by atoms with Gasteiger partial charge in [-0.15, -0.1) is 0 Å². The standard InChI is InChI=1S/C14H22N4O3/c1-2-15-13-11-12(3-4-14(13)18(20)21)17-7-5-16(6-8-17)9-10-19/h3-4,11,15,19H,2,5-10H2,1H3/p+1. The lowest BCUT2D eigenvalue weighted by Crippen LogP contribution is -3.15. The highest BCUT2D eigenvalue weighted by molar-refractivity contribution is 5.69. The third kappa shape index (κ3) is 3.83. The zero-order chi connectivity index (χ0) is 15.2. The molecule has 7 nitrogen and oxygen atoms in total. The molecule has 7 heteroatoms. The molecule has 0 spiro atoms. The number of benzene rings is 1. The van der Waals surface area contributed by atoms with Gasteiger partial charge >= 0.3 is 0 Å². The summed E-state index contributed by atoms with van der Waals surface area (Å²) in [5.74, 6) is 0. The summed E-state index contributed by atoms with van der Waals surface area (Å²) in [5, 5.41) is 23.1. The molecule has 3 N–H and O–H groups in total. The van der Waals surface area contributed by atoms with Gasteiger partial charge in [0.1, 0.15) is 12.2 Å². The third-order valence-electron chi connectivity index (χ3n) is 3.85. The van der Waals surface area contributed by atoms with Crippen LogP contribution in [0.3, 0.4) is 0 Å². The predicted octanol–water partition coefficient (Wildman–Crippen LogP) is -0.276. The molecular formula is C14H23N4O3+. The van der Waals surface area contributed by atoms with Crippen molar-refractivity contribution in [1.29, 1.82) is 0 Å². The summed E-state index contributed by atoms with van der Waals surface area (Å²) < 4.78 is 0. The fraction of sp³-hybridized carbons (Fsp3) is 0.571. The van der Waals surface area contributed by atoms with Crippen LogP contribution in [0.15, 0.2) is 18.2 Å². The molecule has 1 heterocycles. The molecule has 1 aromatic carbocycles. The quantitative estimate of drug-likeness (QED) is 0.497. The van der Waals surface area contributed by atoms with E-state index < -0.39 is 0 Å². The van der Waals surface area contributed by atoms with Gasteiger partial charge in [0.15, 0.2) is 0 Å². The number of hydrogen-bond acceptors (Lipinski definition) is 5. The van der Waals surface area contributed by atoms with Crippen LogP contribution in [0.25, 0.3) is 0 Å². The van der Waals surface area contributed by atoms with Crippen LogP contribution in [0.2, 0.25) is 0 Å². The number of aliphatic hydroxyl groups is 1. The minimum Gasteiger partial charge on any atom is -0.391 e. The summed E-state index contributed by atoms with van der Waals surface area (Å²) in [5.41, 5.74) is 1.70. The topological polar surface area (TPSA) is 83.1 Å². The molecule has 0 aromatic heterocycles. The summed E-state index contributed by atoms with van der Waals surface area (Å²) in [6.45, 7) is 7.35. The van der Waals surface area contributed by atoms with Crippen molar-refractivity contribution in [3.05, 3.63) is 28.3 Å². The molecule has 1 saturated heterocycles. The lowest BCUT2D eigenvalue weighted by atomic mass is 10.2. The Bertz CT molecular complexity index is 487. The Kier molecular flexibility index (Phi) is 5.35. The van der Waals surface area contributed by atoms with E-state index in [1.54, 1.807) is 6.07 Å². The molecule has 1 aromatic rings. The van der Waals surface area contributed by atoms with E-state index in [4.69, 9.17) is 5.11 Å². The van der Waals surface area contributed by atoms with Crippen LogP contribution >= 0.6 is 0 Å². The summed E-state index contributed by atoms with van der Waals surface area (Å²) in [4.78, 5) is 14.3. The minimum absolute atomic E-state index is 0.116. The molecule has 0 aliphatic carbocycles. The molecule has 2 rings (SSSR count). The first kappa shape index (κ1) is 15.5. The Morgan fingerprint density at radius 1 is 1.43 bits per heavy atom. The Morgan fingerprint density at radius 3 is 2.71 bits per heavy atom. The first-order valence-electron chi connectivity index (χ1n) is 7.37. The molecule has 0 atom stereocenters. The van der Waals surface area contributed by atoms with E-state index >= 15 is 0 Å². The maximum absolute atomic E-state index is 11.0. The molecule has 116 valence electrons. The Hall–Kier alpha value is -1.86. The van der Waals surface area contributed by atoms with Crippen molar-refractivity contribution in [2.24, 2.45) is 0 Å². The van der Waals surface area contributed by atoms with Gasteiger partial charge in [-0.25, -0.2) is 0 Å².